The van der Waals surface area contributed by atoms with Gasteiger partial charge in [0.2, 0.25) is 0 Å². The number of rotatable bonds is 8. The normalized spacial score (nSPS) is 10.7. The summed E-state index contributed by atoms with van der Waals surface area (Å²) >= 11 is 0. The predicted molar refractivity (Wildman–Crippen MR) is 65.5 cm³/mol. The maximum Gasteiger partial charge on any atom is 0.123 e. The molecule has 0 radical (unpaired) electrons. The molecule has 0 heterocycles. The number of halogens is 1. The molecule has 1 rings (SSSR count). The van der Waals surface area contributed by atoms with Crippen LogP contribution >= 0.6 is 0 Å². The van der Waals surface area contributed by atoms with Gasteiger partial charge in [-0.25, -0.2) is 4.39 Å². The number of unbranched alkanes of at least 4 members (excludes halogenated alkanes) is 1. The predicted octanol–water partition coefficient (Wildman–Crippen LogP) is 2.44. The quantitative estimate of drug-likeness (QED) is 0.687. The maximum absolute atomic E-state index is 12.9. The van der Waals surface area contributed by atoms with Gasteiger partial charge in [0.15, 0.2) is 0 Å². The number of phenols is 1. The molecule has 0 unspecified atom stereocenters. The molecule has 0 fully saturated rings. The fourth-order valence-corrected chi connectivity index (χ4v) is 1.41. The van der Waals surface area contributed by atoms with Crippen LogP contribution in [0.5, 0.6) is 5.75 Å². The Hall–Kier alpha value is -1.13. The van der Waals surface area contributed by atoms with E-state index in [1.807, 2.05) is 0 Å². The third-order valence-corrected chi connectivity index (χ3v) is 2.42. The lowest BCUT2D eigenvalue weighted by Crippen LogP contribution is -2.19. The van der Waals surface area contributed by atoms with E-state index in [0.29, 0.717) is 25.3 Å². The summed E-state index contributed by atoms with van der Waals surface area (Å²) in [5.74, 6) is -0.218. The van der Waals surface area contributed by atoms with E-state index in [9.17, 15) is 9.50 Å². The standard InChI is InChI=1S/C13H20FNO2/c1-2-3-7-17-8-6-15-10-11-9-12(14)4-5-13(11)16/h4-5,9,15-16H,2-3,6-8,10H2,1H3. The second-order valence-corrected chi connectivity index (χ2v) is 3.92. The average Bonchev–Trinajstić information content (AvgIpc) is 2.32. The van der Waals surface area contributed by atoms with E-state index in [1.165, 1.54) is 18.2 Å². The van der Waals surface area contributed by atoms with Crippen LogP contribution in [0.4, 0.5) is 4.39 Å². The van der Waals surface area contributed by atoms with Crippen molar-refractivity contribution in [3.63, 3.8) is 0 Å². The van der Waals surface area contributed by atoms with Crippen molar-refractivity contribution < 1.29 is 14.2 Å². The third-order valence-electron chi connectivity index (χ3n) is 2.42. The Morgan fingerprint density at radius 2 is 2.18 bits per heavy atom. The molecule has 0 aliphatic heterocycles. The second-order valence-electron chi connectivity index (χ2n) is 3.92. The van der Waals surface area contributed by atoms with Gasteiger partial charge in [0.05, 0.1) is 6.61 Å². The summed E-state index contributed by atoms with van der Waals surface area (Å²) in [6.45, 7) is 4.67. The SMILES string of the molecule is CCCCOCCNCc1cc(F)ccc1O. The van der Waals surface area contributed by atoms with Gasteiger partial charge >= 0.3 is 0 Å². The van der Waals surface area contributed by atoms with Crippen molar-refractivity contribution in [3.05, 3.63) is 29.6 Å². The minimum atomic E-state index is -0.334. The summed E-state index contributed by atoms with van der Waals surface area (Å²) in [5, 5.41) is 12.6. The first-order valence-electron chi connectivity index (χ1n) is 6.00. The first-order valence-corrected chi connectivity index (χ1v) is 6.00. The van der Waals surface area contributed by atoms with Crippen LogP contribution in [-0.2, 0) is 11.3 Å². The highest BCUT2D eigenvalue weighted by atomic mass is 19.1. The zero-order valence-electron chi connectivity index (χ0n) is 10.2. The highest BCUT2D eigenvalue weighted by Crippen LogP contribution is 2.17. The largest absolute Gasteiger partial charge is 0.508 e. The number of benzene rings is 1. The summed E-state index contributed by atoms with van der Waals surface area (Å²) < 4.78 is 18.3. The number of aromatic hydroxyl groups is 1. The van der Waals surface area contributed by atoms with Crippen LogP contribution in [0.15, 0.2) is 18.2 Å². The van der Waals surface area contributed by atoms with E-state index < -0.39 is 0 Å². The zero-order valence-corrected chi connectivity index (χ0v) is 10.2. The van der Waals surface area contributed by atoms with Gasteiger partial charge in [-0.1, -0.05) is 13.3 Å². The van der Waals surface area contributed by atoms with Crippen molar-refractivity contribution in [1.82, 2.24) is 5.32 Å². The van der Waals surface area contributed by atoms with Crippen LogP contribution in [-0.4, -0.2) is 24.9 Å². The monoisotopic (exact) mass is 241 g/mol. The topological polar surface area (TPSA) is 41.5 Å². The van der Waals surface area contributed by atoms with Gasteiger partial charge in [-0.2, -0.15) is 0 Å². The molecule has 0 aromatic heterocycles. The number of phenolic OH excluding ortho intramolecular Hbond substituents is 1. The number of ether oxygens (including phenoxy) is 1. The summed E-state index contributed by atoms with van der Waals surface area (Å²) in [7, 11) is 0. The molecule has 0 saturated heterocycles. The number of hydrogen-bond acceptors (Lipinski definition) is 3. The van der Waals surface area contributed by atoms with Crippen molar-refractivity contribution in [3.8, 4) is 5.75 Å². The van der Waals surface area contributed by atoms with Gasteiger partial charge in [0.25, 0.3) is 0 Å². The van der Waals surface area contributed by atoms with Gasteiger partial charge in [0.1, 0.15) is 11.6 Å². The maximum atomic E-state index is 12.9. The lowest BCUT2D eigenvalue weighted by molar-refractivity contribution is 0.133. The highest BCUT2D eigenvalue weighted by molar-refractivity contribution is 5.32. The Kier molecular flexibility index (Phi) is 6.58. The highest BCUT2D eigenvalue weighted by Gasteiger charge is 2.01. The Bertz CT molecular complexity index is 331. The molecule has 1 aromatic carbocycles. The summed E-state index contributed by atoms with van der Waals surface area (Å²) in [4.78, 5) is 0. The van der Waals surface area contributed by atoms with Crippen molar-refractivity contribution in [1.29, 1.82) is 0 Å². The van der Waals surface area contributed by atoms with Crippen LogP contribution in [0, 0.1) is 5.82 Å². The van der Waals surface area contributed by atoms with Crippen LogP contribution < -0.4 is 5.32 Å². The fourth-order valence-electron chi connectivity index (χ4n) is 1.41. The molecule has 0 aliphatic rings. The molecular formula is C13H20FNO2. The molecule has 3 nitrogen and oxygen atoms in total. The lowest BCUT2D eigenvalue weighted by atomic mass is 10.2. The Morgan fingerprint density at radius 3 is 2.94 bits per heavy atom. The summed E-state index contributed by atoms with van der Waals surface area (Å²) in [5.41, 5.74) is 0.568. The lowest BCUT2D eigenvalue weighted by Gasteiger charge is -2.07. The molecule has 0 saturated carbocycles. The molecule has 0 aliphatic carbocycles. The fraction of sp³-hybridized carbons (Fsp3) is 0.538. The van der Waals surface area contributed by atoms with E-state index >= 15 is 0 Å². The first-order chi connectivity index (χ1) is 8.24. The minimum absolute atomic E-state index is 0.116. The van der Waals surface area contributed by atoms with E-state index in [1.54, 1.807) is 0 Å². The minimum Gasteiger partial charge on any atom is -0.508 e. The van der Waals surface area contributed by atoms with E-state index in [4.69, 9.17) is 4.74 Å². The van der Waals surface area contributed by atoms with E-state index in [2.05, 4.69) is 12.2 Å². The summed E-state index contributed by atoms with van der Waals surface area (Å²) in [6.07, 6.45) is 2.20. The van der Waals surface area contributed by atoms with Crippen LogP contribution in [0.1, 0.15) is 25.3 Å². The molecule has 0 spiro atoms. The van der Waals surface area contributed by atoms with Crippen molar-refractivity contribution in [2.24, 2.45) is 0 Å². The van der Waals surface area contributed by atoms with Gasteiger partial charge < -0.3 is 15.2 Å². The van der Waals surface area contributed by atoms with Crippen LogP contribution in [0.25, 0.3) is 0 Å². The Morgan fingerprint density at radius 1 is 1.35 bits per heavy atom. The van der Waals surface area contributed by atoms with Crippen molar-refractivity contribution >= 4 is 0 Å². The smallest absolute Gasteiger partial charge is 0.123 e. The molecule has 1 aromatic rings. The number of hydrogen-bond donors (Lipinski definition) is 2. The molecule has 4 heteroatoms. The average molecular weight is 241 g/mol. The Labute approximate surface area is 102 Å². The summed E-state index contributed by atoms with van der Waals surface area (Å²) in [6, 6.07) is 3.94. The molecule has 0 amide bonds. The number of nitrogens with one attached hydrogen (secondary N) is 1. The van der Waals surface area contributed by atoms with Gasteiger partial charge in [-0.3, -0.25) is 0 Å². The van der Waals surface area contributed by atoms with Gasteiger partial charge in [-0.05, 0) is 24.6 Å². The van der Waals surface area contributed by atoms with Gasteiger partial charge in [0, 0.05) is 25.3 Å². The van der Waals surface area contributed by atoms with Crippen molar-refractivity contribution in [2.45, 2.75) is 26.3 Å². The van der Waals surface area contributed by atoms with Gasteiger partial charge in [-0.15, -0.1) is 0 Å². The molecule has 0 bridgehead atoms. The third kappa shape index (κ3) is 5.65. The zero-order chi connectivity index (χ0) is 12.5. The van der Waals surface area contributed by atoms with Crippen LogP contribution in [0.2, 0.25) is 0 Å². The van der Waals surface area contributed by atoms with E-state index in [0.717, 1.165) is 19.4 Å². The first kappa shape index (κ1) is 13.9. The second kappa shape index (κ2) is 8.03. The molecule has 2 N–H and O–H groups in total. The molecular weight excluding hydrogens is 221 g/mol. The Balaban J connectivity index is 2.15. The molecule has 17 heavy (non-hydrogen) atoms. The molecule has 96 valence electrons. The molecule has 0 atom stereocenters. The van der Waals surface area contributed by atoms with Crippen molar-refractivity contribution in [2.75, 3.05) is 19.8 Å². The van der Waals surface area contributed by atoms with E-state index in [-0.39, 0.29) is 11.6 Å². The van der Waals surface area contributed by atoms with Crippen LogP contribution in [0.3, 0.4) is 0 Å².